The van der Waals surface area contributed by atoms with Gasteiger partial charge >= 0.3 is 0 Å². The first kappa shape index (κ1) is 25.7. The van der Waals surface area contributed by atoms with Gasteiger partial charge < -0.3 is 11.1 Å². The normalized spacial score (nSPS) is 16.1. The highest BCUT2D eigenvalue weighted by Crippen LogP contribution is 2.49. The molecule has 2 aliphatic carbocycles. The van der Waals surface area contributed by atoms with Crippen molar-refractivity contribution in [1.29, 1.82) is 0 Å². The fraction of sp³-hybridized carbons (Fsp3) is 0.323. The number of benzene rings is 2. The molecule has 40 heavy (non-hydrogen) atoms. The van der Waals surface area contributed by atoms with Crippen LogP contribution in [0.1, 0.15) is 55.7 Å². The van der Waals surface area contributed by atoms with E-state index in [1.165, 1.54) is 0 Å². The zero-order valence-corrected chi connectivity index (χ0v) is 22.7. The van der Waals surface area contributed by atoms with Crippen LogP contribution in [0.4, 0.5) is 23.0 Å². The molecule has 0 atom stereocenters. The number of anilines is 4. The summed E-state index contributed by atoms with van der Waals surface area (Å²) in [6, 6.07) is 16.7. The zero-order chi connectivity index (χ0) is 28.0. The molecule has 204 valence electrons. The van der Waals surface area contributed by atoms with Crippen LogP contribution in [0.2, 0.25) is 0 Å². The van der Waals surface area contributed by atoms with E-state index in [9.17, 15) is 14.4 Å². The quantitative estimate of drug-likeness (QED) is 0.313. The average Bonchev–Trinajstić information content (AvgIpc) is 3.59. The summed E-state index contributed by atoms with van der Waals surface area (Å²) < 4.78 is 1.82. The molecule has 2 heterocycles. The van der Waals surface area contributed by atoms with Crippen molar-refractivity contribution in [2.24, 2.45) is 11.1 Å². The molecule has 2 fully saturated rings. The molecule has 9 nitrogen and oxygen atoms in total. The zero-order valence-electron chi connectivity index (χ0n) is 22.7. The second kappa shape index (κ2) is 9.89. The van der Waals surface area contributed by atoms with Gasteiger partial charge in [0, 0.05) is 40.8 Å². The van der Waals surface area contributed by atoms with Gasteiger partial charge in [0.15, 0.2) is 0 Å². The van der Waals surface area contributed by atoms with Crippen molar-refractivity contribution in [1.82, 2.24) is 14.5 Å². The number of nitrogens with two attached hydrogens (primary N) is 1. The van der Waals surface area contributed by atoms with Crippen LogP contribution in [0.25, 0.3) is 11.0 Å². The molecule has 2 aromatic heterocycles. The largest absolute Gasteiger partial charge is 0.369 e. The highest BCUT2D eigenvalue weighted by atomic mass is 16.2. The van der Waals surface area contributed by atoms with Gasteiger partial charge in [-0.05, 0) is 87.1 Å². The molecule has 0 radical (unpaired) electrons. The first-order valence-electron chi connectivity index (χ1n) is 13.7. The minimum absolute atomic E-state index is 0.0313. The third-order valence-electron chi connectivity index (χ3n) is 8.16. The Hall–Kier alpha value is -4.53. The van der Waals surface area contributed by atoms with Gasteiger partial charge in [-0.25, -0.2) is 4.98 Å². The van der Waals surface area contributed by atoms with E-state index in [2.05, 4.69) is 10.3 Å². The van der Waals surface area contributed by atoms with Gasteiger partial charge in [0.1, 0.15) is 11.1 Å². The van der Waals surface area contributed by atoms with Gasteiger partial charge in [0.25, 0.3) is 5.56 Å². The first-order valence-corrected chi connectivity index (χ1v) is 13.7. The van der Waals surface area contributed by atoms with E-state index >= 15 is 0 Å². The number of pyridine rings is 1. The molecular weight excluding hydrogens is 504 g/mol. The lowest BCUT2D eigenvalue weighted by Gasteiger charge is -2.27. The summed E-state index contributed by atoms with van der Waals surface area (Å²) in [5, 5.41) is 4.11. The van der Waals surface area contributed by atoms with Crippen molar-refractivity contribution in [3.05, 3.63) is 82.3 Å². The molecule has 0 saturated heterocycles. The van der Waals surface area contributed by atoms with Crippen molar-refractivity contribution in [3.63, 3.8) is 0 Å². The lowest BCUT2D eigenvalue weighted by Crippen LogP contribution is -2.41. The van der Waals surface area contributed by atoms with E-state index in [1.54, 1.807) is 17.2 Å². The summed E-state index contributed by atoms with van der Waals surface area (Å²) in [5.41, 5.74) is 8.97. The van der Waals surface area contributed by atoms with Crippen molar-refractivity contribution < 1.29 is 9.59 Å². The smallest absolute Gasteiger partial charge is 0.252 e. The maximum absolute atomic E-state index is 13.6. The number of hydrogen-bond donors (Lipinski definition) is 2. The third-order valence-corrected chi connectivity index (χ3v) is 8.16. The Morgan fingerprint density at radius 1 is 1.02 bits per heavy atom. The topological polar surface area (TPSA) is 123 Å². The number of nitrogens with one attached hydrogen (secondary N) is 1. The maximum Gasteiger partial charge on any atom is 0.252 e. The molecule has 2 aliphatic rings. The highest BCUT2D eigenvalue weighted by molar-refractivity contribution is 6.16. The monoisotopic (exact) mass is 536 g/mol. The minimum atomic E-state index is -1.16. The summed E-state index contributed by atoms with van der Waals surface area (Å²) in [5.74, 6) is -0.521. The molecule has 6 rings (SSSR count). The SMILES string of the molecule is Cc1cccc(N(C(=O)C2(C(N)=O)CC2)c2ccc(Nc3ncc4c(C)cc(=O)n(C5CCCC5)c4n3)cc2)c1. The number of carbonyl (C=O) groups excluding carboxylic acids is 2. The Morgan fingerprint density at radius 2 is 1.75 bits per heavy atom. The van der Waals surface area contributed by atoms with Gasteiger partial charge in [0.2, 0.25) is 17.8 Å². The van der Waals surface area contributed by atoms with Crippen LogP contribution in [0.5, 0.6) is 0 Å². The minimum Gasteiger partial charge on any atom is -0.369 e. The van der Waals surface area contributed by atoms with Crippen LogP contribution in [-0.4, -0.2) is 26.3 Å². The van der Waals surface area contributed by atoms with Crippen LogP contribution >= 0.6 is 0 Å². The summed E-state index contributed by atoms with van der Waals surface area (Å²) in [7, 11) is 0. The number of hydrogen-bond acceptors (Lipinski definition) is 6. The third kappa shape index (κ3) is 4.51. The lowest BCUT2D eigenvalue weighted by atomic mass is 10.0. The molecule has 0 aliphatic heterocycles. The Labute approximate surface area is 232 Å². The first-order chi connectivity index (χ1) is 19.3. The summed E-state index contributed by atoms with van der Waals surface area (Å²) in [6.45, 7) is 3.86. The molecule has 3 N–H and O–H groups in total. The molecule has 0 spiro atoms. The van der Waals surface area contributed by atoms with E-state index in [0.717, 1.165) is 47.9 Å². The van der Waals surface area contributed by atoms with E-state index in [0.29, 0.717) is 35.8 Å². The molecule has 0 unspecified atom stereocenters. The highest BCUT2D eigenvalue weighted by Gasteiger charge is 2.57. The number of aromatic nitrogens is 3. The Bertz CT molecular complexity index is 1680. The van der Waals surface area contributed by atoms with Gasteiger partial charge in [0.05, 0.1) is 0 Å². The number of rotatable bonds is 7. The molecule has 9 heteroatoms. The summed E-state index contributed by atoms with van der Waals surface area (Å²) in [6.07, 6.45) is 6.83. The Balaban J connectivity index is 1.33. The van der Waals surface area contributed by atoms with Crippen molar-refractivity contribution in [2.75, 3.05) is 10.2 Å². The Kier molecular flexibility index (Phi) is 6.37. The second-order valence-electron chi connectivity index (χ2n) is 11.0. The maximum atomic E-state index is 13.6. The van der Waals surface area contributed by atoms with Crippen molar-refractivity contribution >= 4 is 45.9 Å². The second-order valence-corrected chi connectivity index (χ2v) is 11.0. The fourth-order valence-electron chi connectivity index (χ4n) is 5.73. The molecule has 4 aromatic rings. The standard InChI is InChI=1S/C31H32N6O3/c1-19-6-5-9-24(16-19)36(29(40)31(14-15-31)28(32)39)23-12-10-21(11-13-23)34-30-33-18-25-20(2)17-26(38)37(27(25)35-30)22-7-3-4-8-22/h5-6,9-13,16-18,22H,3-4,7-8,14-15H2,1-2H3,(H2,32,39)(H,33,34,35). The molecule has 2 saturated carbocycles. The van der Waals surface area contributed by atoms with Crippen LogP contribution in [0.15, 0.2) is 65.6 Å². The van der Waals surface area contributed by atoms with E-state index in [-0.39, 0.29) is 17.5 Å². The van der Waals surface area contributed by atoms with Gasteiger partial charge in [-0.15, -0.1) is 0 Å². The predicted molar refractivity (Wildman–Crippen MR) is 155 cm³/mol. The van der Waals surface area contributed by atoms with Crippen LogP contribution in [0, 0.1) is 19.3 Å². The van der Waals surface area contributed by atoms with Gasteiger partial charge in [-0.1, -0.05) is 25.0 Å². The van der Waals surface area contributed by atoms with Crippen LogP contribution in [0.3, 0.4) is 0 Å². The fourth-order valence-corrected chi connectivity index (χ4v) is 5.73. The van der Waals surface area contributed by atoms with Gasteiger partial charge in [-0.2, -0.15) is 4.98 Å². The predicted octanol–water partition coefficient (Wildman–Crippen LogP) is 5.20. The lowest BCUT2D eigenvalue weighted by molar-refractivity contribution is -0.133. The number of primary amides is 1. The van der Waals surface area contributed by atoms with E-state index in [4.69, 9.17) is 10.7 Å². The van der Waals surface area contributed by atoms with E-state index < -0.39 is 11.3 Å². The summed E-state index contributed by atoms with van der Waals surface area (Å²) in [4.78, 5) is 49.6. The van der Waals surface area contributed by atoms with Crippen molar-refractivity contribution in [3.8, 4) is 0 Å². The number of aryl methyl sites for hydroxylation is 2. The van der Waals surface area contributed by atoms with Crippen LogP contribution < -0.4 is 21.5 Å². The van der Waals surface area contributed by atoms with Crippen molar-refractivity contribution in [2.45, 2.75) is 58.4 Å². The number of amides is 2. The number of fused-ring (bicyclic) bond motifs is 1. The number of nitrogens with zero attached hydrogens (tertiary/aromatic N) is 4. The van der Waals surface area contributed by atoms with Crippen LogP contribution in [-0.2, 0) is 9.59 Å². The molecule has 0 bridgehead atoms. The molecular formula is C31H32N6O3. The molecule has 2 aromatic carbocycles. The Morgan fingerprint density at radius 3 is 2.40 bits per heavy atom. The average molecular weight is 537 g/mol. The van der Waals surface area contributed by atoms with Gasteiger partial charge in [-0.3, -0.25) is 23.9 Å². The summed E-state index contributed by atoms with van der Waals surface area (Å²) >= 11 is 0. The molecule has 2 amide bonds. The van der Waals surface area contributed by atoms with E-state index in [1.807, 2.05) is 66.9 Å². The number of carbonyl (C=O) groups is 2.